The summed E-state index contributed by atoms with van der Waals surface area (Å²) in [6, 6.07) is 8.59. The molecule has 5 nitrogen and oxygen atoms in total. The van der Waals surface area contributed by atoms with E-state index in [-0.39, 0.29) is 49.0 Å². The first kappa shape index (κ1) is 27.3. The van der Waals surface area contributed by atoms with Gasteiger partial charge >= 0.3 is 0 Å². The molecule has 1 aromatic carbocycles. The molecule has 1 saturated heterocycles. The zero-order valence-corrected chi connectivity index (χ0v) is 20.2. The smallest absolute Gasteiger partial charge is 0.227 e. The molecule has 8 heteroatoms. The summed E-state index contributed by atoms with van der Waals surface area (Å²) >= 11 is 0. The number of carbonyl (C=O) groups is 1. The zero-order valence-electron chi connectivity index (χ0n) is 17.8. The van der Waals surface area contributed by atoms with Crippen molar-refractivity contribution in [2.45, 2.75) is 45.1 Å². The molecule has 1 heterocycles. The first-order valence-electron chi connectivity index (χ1n) is 10.8. The minimum Gasteiger partial charge on any atom is -0.367 e. The molecule has 0 aromatic heterocycles. The highest BCUT2D eigenvalue weighted by molar-refractivity contribution is 5.96. The second-order valence-corrected chi connectivity index (χ2v) is 8.62. The van der Waals surface area contributed by atoms with Crippen LogP contribution in [0.3, 0.4) is 0 Å². The molecule has 4 rings (SSSR count). The fourth-order valence-corrected chi connectivity index (χ4v) is 5.40. The van der Waals surface area contributed by atoms with Gasteiger partial charge in [-0.25, -0.2) is 0 Å². The van der Waals surface area contributed by atoms with Crippen LogP contribution in [-0.2, 0) is 4.79 Å². The van der Waals surface area contributed by atoms with E-state index in [1.54, 1.807) is 0 Å². The molecule has 1 aliphatic heterocycles. The number of amides is 1. The Bertz CT molecular complexity index is 656. The van der Waals surface area contributed by atoms with Crippen molar-refractivity contribution in [3.8, 4) is 0 Å². The SMILES string of the molecule is CCN1CCN(c2ccccc2NC(=O)C2CC3CCCC(C2)C3N)CC1.Cl.Cl.Cl. The van der Waals surface area contributed by atoms with Crippen LogP contribution in [0.15, 0.2) is 24.3 Å². The Morgan fingerprint density at radius 1 is 1.03 bits per heavy atom. The van der Waals surface area contributed by atoms with Crippen LogP contribution in [0.25, 0.3) is 0 Å². The van der Waals surface area contributed by atoms with Crippen LogP contribution in [0, 0.1) is 17.8 Å². The maximum atomic E-state index is 13.1. The standard InChI is InChI=1S/C22H34N4O.3ClH/c1-2-25-10-12-26(13-11-25)20-9-4-3-8-19(20)24-22(27)18-14-16-6-5-7-17(15-18)21(16)23;;;/h3-4,8-9,16-18,21H,2,5-7,10-15,23H2,1H3,(H,24,27);3*1H. The number of likely N-dealkylation sites (N-methyl/N-ethyl adjacent to an activating group) is 1. The number of piperazine rings is 1. The third-order valence-electron chi connectivity index (χ3n) is 7.11. The van der Waals surface area contributed by atoms with E-state index in [2.05, 4.69) is 40.2 Å². The van der Waals surface area contributed by atoms with Crippen LogP contribution in [-0.4, -0.2) is 49.6 Å². The van der Waals surface area contributed by atoms with Crippen LogP contribution in [0.4, 0.5) is 11.4 Å². The Hall–Kier alpha value is -0.720. The molecule has 3 aliphatic rings. The quantitative estimate of drug-likeness (QED) is 0.680. The summed E-state index contributed by atoms with van der Waals surface area (Å²) in [6.45, 7) is 7.53. The van der Waals surface area contributed by atoms with Gasteiger partial charge in [0.15, 0.2) is 0 Å². The first-order valence-corrected chi connectivity index (χ1v) is 10.8. The van der Waals surface area contributed by atoms with Crippen LogP contribution >= 0.6 is 37.2 Å². The van der Waals surface area contributed by atoms with E-state index in [4.69, 9.17) is 5.73 Å². The van der Waals surface area contributed by atoms with Crippen molar-refractivity contribution in [3.63, 3.8) is 0 Å². The van der Waals surface area contributed by atoms with E-state index in [9.17, 15) is 4.79 Å². The third kappa shape index (κ3) is 5.95. The molecule has 2 bridgehead atoms. The van der Waals surface area contributed by atoms with E-state index in [1.165, 1.54) is 19.3 Å². The summed E-state index contributed by atoms with van der Waals surface area (Å²) in [6.07, 6.45) is 5.59. The lowest BCUT2D eigenvalue weighted by Crippen LogP contribution is -2.48. The fraction of sp³-hybridized carbons (Fsp3) is 0.682. The average Bonchev–Trinajstić information content (AvgIpc) is 2.68. The molecule has 30 heavy (non-hydrogen) atoms. The van der Waals surface area contributed by atoms with E-state index in [1.807, 2.05) is 6.07 Å². The second kappa shape index (κ2) is 12.4. The van der Waals surface area contributed by atoms with Gasteiger partial charge in [-0.1, -0.05) is 25.5 Å². The van der Waals surface area contributed by atoms with E-state index < -0.39 is 0 Å². The van der Waals surface area contributed by atoms with Crippen LogP contribution in [0.5, 0.6) is 0 Å². The Kier molecular flexibility index (Phi) is 11.2. The molecule has 0 spiro atoms. The molecule has 172 valence electrons. The minimum atomic E-state index is 0. The highest BCUT2D eigenvalue weighted by Crippen LogP contribution is 2.42. The van der Waals surface area contributed by atoms with Crippen molar-refractivity contribution in [1.29, 1.82) is 0 Å². The van der Waals surface area contributed by atoms with Gasteiger partial charge in [0, 0.05) is 38.1 Å². The molecular formula is C22H37Cl3N4O. The van der Waals surface area contributed by atoms with Gasteiger partial charge in [-0.3, -0.25) is 4.79 Å². The summed E-state index contributed by atoms with van der Waals surface area (Å²) in [5.74, 6) is 1.37. The molecule has 2 unspecified atom stereocenters. The summed E-state index contributed by atoms with van der Waals surface area (Å²) in [7, 11) is 0. The summed E-state index contributed by atoms with van der Waals surface area (Å²) in [5, 5.41) is 3.27. The average molecular weight is 480 g/mol. The maximum Gasteiger partial charge on any atom is 0.227 e. The summed E-state index contributed by atoms with van der Waals surface area (Å²) in [4.78, 5) is 17.9. The number of benzene rings is 1. The van der Waals surface area contributed by atoms with Crippen molar-refractivity contribution in [2.75, 3.05) is 42.9 Å². The topological polar surface area (TPSA) is 61.6 Å². The van der Waals surface area contributed by atoms with Crippen molar-refractivity contribution < 1.29 is 4.79 Å². The normalized spacial score (nSPS) is 28.4. The number of para-hydroxylation sites is 2. The third-order valence-corrected chi connectivity index (χ3v) is 7.11. The number of carbonyl (C=O) groups excluding carboxylic acids is 1. The number of hydrogen-bond acceptors (Lipinski definition) is 4. The number of halogens is 3. The zero-order chi connectivity index (χ0) is 18.8. The predicted molar refractivity (Wildman–Crippen MR) is 133 cm³/mol. The second-order valence-electron chi connectivity index (χ2n) is 8.62. The molecule has 2 saturated carbocycles. The van der Waals surface area contributed by atoms with Crippen molar-refractivity contribution in [2.24, 2.45) is 23.5 Å². The molecule has 1 amide bonds. The van der Waals surface area contributed by atoms with Crippen molar-refractivity contribution in [1.82, 2.24) is 4.90 Å². The number of anilines is 2. The summed E-state index contributed by atoms with van der Waals surface area (Å²) in [5.41, 5.74) is 8.53. The number of nitrogens with one attached hydrogen (secondary N) is 1. The largest absolute Gasteiger partial charge is 0.367 e. The lowest BCUT2D eigenvalue weighted by Gasteiger charge is -2.43. The Labute approximate surface area is 199 Å². The molecule has 3 fully saturated rings. The molecule has 2 aliphatic carbocycles. The first-order chi connectivity index (χ1) is 13.2. The van der Waals surface area contributed by atoms with Gasteiger partial charge in [-0.15, -0.1) is 37.2 Å². The Balaban J connectivity index is 0.00000150. The van der Waals surface area contributed by atoms with Crippen molar-refractivity contribution >= 4 is 54.5 Å². The maximum absolute atomic E-state index is 13.1. The minimum absolute atomic E-state index is 0. The number of rotatable bonds is 4. The fourth-order valence-electron chi connectivity index (χ4n) is 5.40. The Morgan fingerprint density at radius 3 is 2.23 bits per heavy atom. The van der Waals surface area contributed by atoms with Gasteiger partial charge in [0.05, 0.1) is 11.4 Å². The molecule has 2 atom stereocenters. The summed E-state index contributed by atoms with van der Waals surface area (Å²) < 4.78 is 0. The number of hydrogen-bond donors (Lipinski definition) is 2. The van der Waals surface area contributed by atoms with Crippen LogP contribution in [0.1, 0.15) is 39.0 Å². The van der Waals surface area contributed by atoms with Crippen LogP contribution in [0.2, 0.25) is 0 Å². The highest BCUT2D eigenvalue weighted by atomic mass is 35.5. The lowest BCUT2D eigenvalue weighted by molar-refractivity contribution is -0.122. The Morgan fingerprint density at radius 2 is 1.63 bits per heavy atom. The highest BCUT2D eigenvalue weighted by Gasteiger charge is 2.40. The van der Waals surface area contributed by atoms with Gasteiger partial charge in [0.1, 0.15) is 0 Å². The van der Waals surface area contributed by atoms with Gasteiger partial charge in [-0.2, -0.15) is 0 Å². The molecule has 3 N–H and O–H groups in total. The van der Waals surface area contributed by atoms with Crippen molar-refractivity contribution in [3.05, 3.63) is 24.3 Å². The van der Waals surface area contributed by atoms with E-state index >= 15 is 0 Å². The molecule has 0 radical (unpaired) electrons. The van der Waals surface area contributed by atoms with E-state index in [0.717, 1.165) is 56.9 Å². The van der Waals surface area contributed by atoms with E-state index in [0.29, 0.717) is 17.9 Å². The lowest BCUT2D eigenvalue weighted by atomic mass is 9.65. The van der Waals surface area contributed by atoms with Crippen LogP contribution < -0.4 is 16.0 Å². The molecule has 1 aromatic rings. The number of nitrogens with two attached hydrogens (primary N) is 1. The van der Waals surface area contributed by atoms with Gasteiger partial charge in [-0.05, 0) is 56.2 Å². The number of fused-ring (bicyclic) bond motifs is 2. The molecular weight excluding hydrogens is 443 g/mol. The van der Waals surface area contributed by atoms with Gasteiger partial charge in [0.2, 0.25) is 5.91 Å². The monoisotopic (exact) mass is 478 g/mol. The van der Waals surface area contributed by atoms with Gasteiger partial charge in [0.25, 0.3) is 0 Å². The van der Waals surface area contributed by atoms with Gasteiger partial charge < -0.3 is 20.9 Å². The number of nitrogens with zero attached hydrogens (tertiary/aromatic N) is 2. The predicted octanol–water partition coefficient (Wildman–Crippen LogP) is 4.19.